The van der Waals surface area contributed by atoms with Crippen LogP contribution in [0.15, 0.2) is 39.2 Å². The minimum Gasteiger partial charge on any atom is -0.481 e. The summed E-state index contributed by atoms with van der Waals surface area (Å²) in [6.07, 6.45) is 1.50. The zero-order valence-corrected chi connectivity index (χ0v) is 17.9. The first-order chi connectivity index (χ1) is 13.8. The predicted octanol–water partition coefficient (Wildman–Crippen LogP) is 2.20. The number of aliphatic carboxylic acids is 1. The van der Waals surface area contributed by atoms with Crippen molar-refractivity contribution in [2.75, 3.05) is 6.54 Å². The maximum Gasteiger partial charge on any atom is 0.305 e. The van der Waals surface area contributed by atoms with E-state index in [1.54, 1.807) is 11.4 Å². The summed E-state index contributed by atoms with van der Waals surface area (Å²) in [6.45, 7) is 0.245. The van der Waals surface area contributed by atoms with E-state index in [2.05, 4.69) is 10.0 Å². The van der Waals surface area contributed by atoms with E-state index in [0.29, 0.717) is 25.5 Å². The van der Waals surface area contributed by atoms with Gasteiger partial charge in [0.25, 0.3) is 0 Å². The SMILES string of the molecule is O=C[C@@H](CC(=O)O)NC(=O)C(CCCCNS(=O)(=O)c1cccs1)c1cccs1. The second kappa shape index (κ2) is 11.2. The average molecular weight is 459 g/mol. The molecule has 8 nitrogen and oxygen atoms in total. The van der Waals surface area contributed by atoms with Gasteiger partial charge in [-0.15, -0.1) is 22.7 Å². The summed E-state index contributed by atoms with van der Waals surface area (Å²) < 4.78 is 27.0. The van der Waals surface area contributed by atoms with Crippen LogP contribution in [0.1, 0.15) is 36.5 Å². The van der Waals surface area contributed by atoms with Crippen molar-refractivity contribution in [1.82, 2.24) is 10.0 Å². The van der Waals surface area contributed by atoms with Gasteiger partial charge in [-0.25, -0.2) is 13.1 Å². The molecule has 1 amide bonds. The van der Waals surface area contributed by atoms with Gasteiger partial charge in [0.2, 0.25) is 15.9 Å². The van der Waals surface area contributed by atoms with Crippen molar-refractivity contribution in [3.8, 4) is 0 Å². The number of carboxylic acid groups (broad SMARTS) is 1. The van der Waals surface area contributed by atoms with Crippen LogP contribution in [-0.4, -0.2) is 44.3 Å². The maximum atomic E-state index is 12.6. The van der Waals surface area contributed by atoms with E-state index in [4.69, 9.17) is 5.11 Å². The Kier molecular flexibility index (Phi) is 8.96. The number of thiophene rings is 2. The molecule has 0 saturated heterocycles. The van der Waals surface area contributed by atoms with E-state index in [1.807, 2.05) is 17.5 Å². The van der Waals surface area contributed by atoms with Gasteiger partial charge < -0.3 is 15.2 Å². The average Bonchev–Trinajstić information content (AvgIpc) is 3.37. The largest absolute Gasteiger partial charge is 0.481 e. The quantitative estimate of drug-likeness (QED) is 0.312. The number of rotatable bonds is 13. The Morgan fingerprint density at radius 1 is 1.14 bits per heavy atom. The van der Waals surface area contributed by atoms with E-state index in [-0.39, 0.29) is 10.8 Å². The number of nitrogens with one attached hydrogen (secondary N) is 2. The molecule has 0 aliphatic rings. The van der Waals surface area contributed by atoms with Crippen LogP contribution in [-0.2, 0) is 24.4 Å². The molecule has 29 heavy (non-hydrogen) atoms. The van der Waals surface area contributed by atoms with Gasteiger partial charge in [0.1, 0.15) is 10.5 Å². The van der Waals surface area contributed by atoms with Gasteiger partial charge in [-0.2, -0.15) is 0 Å². The van der Waals surface area contributed by atoms with E-state index in [1.165, 1.54) is 17.4 Å². The molecule has 2 aromatic heterocycles. The van der Waals surface area contributed by atoms with Crippen LogP contribution in [0.5, 0.6) is 0 Å². The van der Waals surface area contributed by atoms with E-state index in [9.17, 15) is 22.8 Å². The first-order valence-electron chi connectivity index (χ1n) is 8.87. The van der Waals surface area contributed by atoms with Gasteiger partial charge in [0.15, 0.2) is 0 Å². The third-order valence-corrected chi connectivity index (χ3v) is 7.91. The molecule has 158 valence electrons. The molecule has 0 saturated carbocycles. The fourth-order valence-electron chi connectivity index (χ4n) is 2.66. The molecule has 2 rings (SSSR count). The van der Waals surface area contributed by atoms with Crippen LogP contribution in [0.25, 0.3) is 0 Å². The van der Waals surface area contributed by atoms with E-state index >= 15 is 0 Å². The molecule has 2 heterocycles. The number of aldehydes is 1. The van der Waals surface area contributed by atoms with Gasteiger partial charge in [-0.05, 0) is 35.7 Å². The Hall–Kier alpha value is -2.08. The second-order valence-electron chi connectivity index (χ2n) is 6.24. The minimum absolute atomic E-state index is 0.245. The number of hydrogen-bond acceptors (Lipinski definition) is 7. The van der Waals surface area contributed by atoms with Crippen LogP contribution in [0.4, 0.5) is 0 Å². The van der Waals surface area contributed by atoms with Crippen molar-refractivity contribution >= 4 is 50.9 Å². The molecule has 1 unspecified atom stereocenters. The highest BCUT2D eigenvalue weighted by molar-refractivity contribution is 7.91. The number of hydrogen-bond donors (Lipinski definition) is 3. The summed E-state index contributed by atoms with van der Waals surface area (Å²) in [4.78, 5) is 35.2. The van der Waals surface area contributed by atoms with Gasteiger partial charge in [-0.3, -0.25) is 9.59 Å². The van der Waals surface area contributed by atoms with Crippen LogP contribution >= 0.6 is 22.7 Å². The number of carbonyl (C=O) groups is 3. The molecule has 0 spiro atoms. The van der Waals surface area contributed by atoms with Gasteiger partial charge in [-0.1, -0.05) is 18.6 Å². The van der Waals surface area contributed by atoms with Crippen molar-refractivity contribution < 1.29 is 27.9 Å². The fourth-order valence-corrected chi connectivity index (χ4v) is 5.64. The highest BCUT2D eigenvalue weighted by Crippen LogP contribution is 2.27. The Morgan fingerprint density at radius 3 is 2.45 bits per heavy atom. The molecule has 3 N–H and O–H groups in total. The highest BCUT2D eigenvalue weighted by atomic mass is 32.2. The maximum absolute atomic E-state index is 12.6. The van der Waals surface area contributed by atoms with Crippen molar-refractivity contribution in [2.24, 2.45) is 0 Å². The number of carboxylic acids is 1. The monoisotopic (exact) mass is 458 g/mol. The predicted molar refractivity (Wildman–Crippen MR) is 111 cm³/mol. The molecular weight excluding hydrogens is 436 g/mol. The van der Waals surface area contributed by atoms with Crippen molar-refractivity contribution in [3.63, 3.8) is 0 Å². The zero-order chi connectivity index (χ0) is 21.3. The molecule has 0 aliphatic heterocycles. The number of sulfonamides is 1. The fraction of sp³-hybridized carbons (Fsp3) is 0.389. The Morgan fingerprint density at radius 2 is 1.86 bits per heavy atom. The van der Waals surface area contributed by atoms with Crippen molar-refractivity contribution in [3.05, 3.63) is 39.9 Å². The van der Waals surface area contributed by atoms with Crippen molar-refractivity contribution in [1.29, 1.82) is 0 Å². The lowest BCUT2D eigenvalue weighted by Crippen LogP contribution is -2.40. The van der Waals surface area contributed by atoms with Crippen LogP contribution in [0.3, 0.4) is 0 Å². The Bertz CT molecular complexity index is 894. The van der Waals surface area contributed by atoms with Gasteiger partial charge in [0, 0.05) is 11.4 Å². The summed E-state index contributed by atoms with van der Waals surface area (Å²) in [6, 6.07) is 5.73. The number of amides is 1. The Balaban J connectivity index is 1.88. The Labute approximate surface area is 177 Å². The normalized spacial score (nSPS) is 13.5. The van der Waals surface area contributed by atoms with Gasteiger partial charge >= 0.3 is 5.97 Å². The van der Waals surface area contributed by atoms with Crippen LogP contribution < -0.4 is 10.0 Å². The summed E-state index contributed by atoms with van der Waals surface area (Å²) in [7, 11) is -3.51. The molecule has 0 fully saturated rings. The molecular formula is C18H22N2O6S3. The first kappa shape index (κ1) is 23.2. The molecule has 11 heteroatoms. The summed E-state index contributed by atoms with van der Waals surface area (Å²) in [5.74, 6) is -2.11. The summed E-state index contributed by atoms with van der Waals surface area (Å²) in [5, 5.41) is 14.8. The molecule has 0 radical (unpaired) electrons. The molecule has 0 aromatic carbocycles. The smallest absolute Gasteiger partial charge is 0.305 e. The lowest BCUT2D eigenvalue weighted by Gasteiger charge is -2.18. The second-order valence-corrected chi connectivity index (χ2v) is 10.2. The molecule has 0 bridgehead atoms. The number of unbranched alkanes of at least 4 members (excludes halogenated alkanes) is 1. The summed E-state index contributed by atoms with van der Waals surface area (Å²) >= 11 is 2.54. The topological polar surface area (TPSA) is 130 Å². The van der Waals surface area contributed by atoms with Gasteiger partial charge in [0.05, 0.1) is 18.4 Å². The molecule has 2 atom stereocenters. The third kappa shape index (κ3) is 7.35. The lowest BCUT2D eigenvalue weighted by molar-refractivity contribution is -0.138. The van der Waals surface area contributed by atoms with Crippen molar-refractivity contribution in [2.45, 2.75) is 41.9 Å². The highest BCUT2D eigenvalue weighted by Gasteiger charge is 2.24. The first-order valence-corrected chi connectivity index (χ1v) is 12.1. The minimum atomic E-state index is -3.51. The standard InChI is InChI=1S/C18H22N2O6S3/c21-12-13(11-16(22)23)20-18(24)14(15-6-3-9-27-15)5-1-2-8-19-29(25,26)17-7-4-10-28-17/h3-4,6-7,9-10,12-14,19H,1-2,5,8,11H2,(H,20,24)(H,22,23)/t13-,14?/m1/s1. The van der Waals surface area contributed by atoms with Crippen LogP contribution in [0, 0.1) is 0 Å². The molecule has 2 aromatic rings. The van der Waals surface area contributed by atoms with E-state index in [0.717, 1.165) is 16.2 Å². The zero-order valence-electron chi connectivity index (χ0n) is 15.4. The third-order valence-electron chi connectivity index (χ3n) is 4.06. The van der Waals surface area contributed by atoms with Crippen LogP contribution in [0.2, 0.25) is 0 Å². The lowest BCUT2D eigenvalue weighted by atomic mass is 9.98. The summed E-state index contributed by atoms with van der Waals surface area (Å²) in [5.41, 5.74) is 0. The number of carbonyl (C=O) groups excluding carboxylic acids is 2. The molecule has 0 aliphatic carbocycles. The van der Waals surface area contributed by atoms with E-state index < -0.39 is 40.3 Å².